The van der Waals surface area contributed by atoms with Crippen LogP contribution in [0.1, 0.15) is 37.0 Å². The number of carbonyl (C=O) groups excluding carboxylic acids is 2. The minimum Gasteiger partial charge on any atom is -0.311 e. The molecule has 18 heavy (non-hydrogen) atoms. The molecule has 1 aromatic carbocycles. The van der Waals surface area contributed by atoms with Crippen molar-refractivity contribution in [1.82, 2.24) is 0 Å². The summed E-state index contributed by atoms with van der Waals surface area (Å²) in [6, 6.07) is 5.12. The summed E-state index contributed by atoms with van der Waals surface area (Å²) >= 11 is 5.90. The van der Waals surface area contributed by atoms with Crippen LogP contribution in [-0.4, -0.2) is 18.2 Å². The number of carbonyl (C=O) groups is 2. The van der Waals surface area contributed by atoms with Crippen molar-refractivity contribution in [3.63, 3.8) is 0 Å². The Hall–Kier alpha value is -1.35. The van der Waals surface area contributed by atoms with Gasteiger partial charge in [-0.1, -0.05) is 25.4 Å². The predicted octanol–water partition coefficient (Wildman–Crippen LogP) is 3.31. The summed E-state index contributed by atoms with van der Waals surface area (Å²) in [5.74, 6) is 0.438. The molecule has 0 spiro atoms. The van der Waals surface area contributed by atoms with Crippen LogP contribution in [0.3, 0.4) is 0 Å². The molecule has 1 aliphatic rings. The summed E-state index contributed by atoms with van der Waals surface area (Å²) in [6.07, 6.45) is 0.868. The van der Waals surface area contributed by atoms with Crippen LogP contribution < -0.4 is 4.90 Å². The minimum absolute atomic E-state index is 0.0566. The summed E-state index contributed by atoms with van der Waals surface area (Å²) in [5.41, 5.74) is 1.26. The zero-order valence-electron chi connectivity index (χ0n) is 10.6. The average Bonchev–Trinajstić information content (AvgIpc) is 2.29. The van der Waals surface area contributed by atoms with Crippen molar-refractivity contribution in [2.24, 2.45) is 5.92 Å². The first-order valence-corrected chi connectivity index (χ1v) is 6.50. The molecule has 1 amide bonds. The molecule has 0 saturated carbocycles. The zero-order chi connectivity index (χ0) is 13.3. The van der Waals surface area contributed by atoms with E-state index in [0.29, 0.717) is 41.6 Å². The van der Waals surface area contributed by atoms with Gasteiger partial charge in [0.2, 0.25) is 5.91 Å². The highest BCUT2D eigenvalue weighted by atomic mass is 35.5. The van der Waals surface area contributed by atoms with E-state index in [1.807, 2.05) is 13.8 Å². The fraction of sp³-hybridized carbons (Fsp3) is 0.429. The van der Waals surface area contributed by atoms with Crippen molar-refractivity contribution in [2.75, 3.05) is 11.4 Å². The molecule has 1 aliphatic heterocycles. The van der Waals surface area contributed by atoms with E-state index in [-0.39, 0.29) is 11.7 Å². The van der Waals surface area contributed by atoms with E-state index in [2.05, 4.69) is 0 Å². The number of nitrogens with zero attached hydrogens (tertiary/aromatic N) is 1. The molecule has 0 fully saturated rings. The quantitative estimate of drug-likeness (QED) is 0.823. The molecule has 2 rings (SSSR count). The number of hydrogen-bond donors (Lipinski definition) is 0. The smallest absolute Gasteiger partial charge is 0.227 e. The lowest BCUT2D eigenvalue weighted by Crippen LogP contribution is -2.37. The fourth-order valence-electron chi connectivity index (χ4n) is 2.15. The van der Waals surface area contributed by atoms with Crippen molar-refractivity contribution in [3.8, 4) is 0 Å². The number of ketones is 1. The van der Waals surface area contributed by atoms with E-state index in [9.17, 15) is 9.59 Å². The van der Waals surface area contributed by atoms with Crippen molar-refractivity contribution in [2.45, 2.75) is 26.7 Å². The molecule has 0 unspecified atom stereocenters. The largest absolute Gasteiger partial charge is 0.311 e. The first-order valence-electron chi connectivity index (χ1n) is 6.12. The third-order valence-electron chi connectivity index (χ3n) is 3.00. The molecular formula is C14H16ClNO2. The maximum Gasteiger partial charge on any atom is 0.227 e. The van der Waals surface area contributed by atoms with E-state index in [1.54, 1.807) is 23.1 Å². The van der Waals surface area contributed by atoms with Gasteiger partial charge in [-0.15, -0.1) is 0 Å². The second-order valence-corrected chi connectivity index (χ2v) is 5.41. The molecular weight excluding hydrogens is 250 g/mol. The Morgan fingerprint density at radius 2 is 2.17 bits per heavy atom. The Labute approximate surface area is 112 Å². The number of rotatable bonds is 2. The van der Waals surface area contributed by atoms with E-state index < -0.39 is 0 Å². The second-order valence-electron chi connectivity index (χ2n) is 4.98. The van der Waals surface area contributed by atoms with Crippen molar-refractivity contribution in [1.29, 1.82) is 0 Å². The number of Topliss-reactive ketones (excluding diaryl/α,β-unsaturated/α-hetero) is 1. The molecule has 1 aromatic rings. The molecule has 1 heterocycles. The Morgan fingerprint density at radius 3 is 2.83 bits per heavy atom. The maximum absolute atomic E-state index is 12.1. The third kappa shape index (κ3) is 2.56. The van der Waals surface area contributed by atoms with Gasteiger partial charge in [0.15, 0.2) is 5.78 Å². The normalized spacial score (nSPS) is 14.9. The van der Waals surface area contributed by atoms with Gasteiger partial charge in [-0.05, 0) is 24.1 Å². The Morgan fingerprint density at radius 1 is 1.44 bits per heavy atom. The summed E-state index contributed by atoms with van der Waals surface area (Å²) < 4.78 is 0. The van der Waals surface area contributed by atoms with Crippen molar-refractivity contribution in [3.05, 3.63) is 28.8 Å². The van der Waals surface area contributed by atoms with Gasteiger partial charge in [0.25, 0.3) is 0 Å². The van der Waals surface area contributed by atoms with Crippen LogP contribution in [-0.2, 0) is 4.79 Å². The highest BCUT2D eigenvalue weighted by Gasteiger charge is 2.27. The van der Waals surface area contributed by atoms with E-state index in [4.69, 9.17) is 11.6 Å². The molecule has 4 heteroatoms. The van der Waals surface area contributed by atoms with E-state index in [1.165, 1.54) is 0 Å². The third-order valence-corrected chi connectivity index (χ3v) is 3.23. The molecule has 0 radical (unpaired) electrons. The number of hydrogen-bond acceptors (Lipinski definition) is 2. The molecule has 0 aromatic heterocycles. The fourth-order valence-corrected chi connectivity index (χ4v) is 2.33. The van der Waals surface area contributed by atoms with Gasteiger partial charge in [-0.25, -0.2) is 0 Å². The summed E-state index contributed by atoms with van der Waals surface area (Å²) in [7, 11) is 0. The maximum atomic E-state index is 12.1. The monoisotopic (exact) mass is 265 g/mol. The van der Waals surface area contributed by atoms with Crippen molar-refractivity contribution < 1.29 is 9.59 Å². The molecule has 3 nitrogen and oxygen atoms in total. The molecule has 0 bridgehead atoms. The van der Waals surface area contributed by atoms with Crippen LogP contribution in [0.4, 0.5) is 5.69 Å². The van der Waals surface area contributed by atoms with Crippen LogP contribution in [0, 0.1) is 5.92 Å². The van der Waals surface area contributed by atoms with Crippen molar-refractivity contribution >= 4 is 29.0 Å². The van der Waals surface area contributed by atoms with Crippen LogP contribution in [0.2, 0.25) is 5.02 Å². The van der Waals surface area contributed by atoms with Gasteiger partial charge >= 0.3 is 0 Å². The standard InChI is InChI=1S/C14H16ClNO2/c1-9(2)7-14(18)16-6-5-13(17)11-8-10(15)3-4-12(11)16/h3-4,8-9H,5-7H2,1-2H3. The Bertz CT molecular complexity index is 497. The van der Waals surface area contributed by atoms with Crippen LogP contribution in [0.5, 0.6) is 0 Å². The lowest BCUT2D eigenvalue weighted by molar-refractivity contribution is -0.119. The molecule has 0 atom stereocenters. The topological polar surface area (TPSA) is 37.4 Å². The molecule has 0 N–H and O–H groups in total. The van der Waals surface area contributed by atoms with Gasteiger partial charge in [-0.2, -0.15) is 0 Å². The summed E-state index contributed by atoms with van der Waals surface area (Å²) in [5, 5.41) is 0.528. The number of anilines is 1. The van der Waals surface area contributed by atoms with Crippen LogP contribution in [0.25, 0.3) is 0 Å². The molecule has 96 valence electrons. The van der Waals surface area contributed by atoms with Gasteiger partial charge in [-0.3, -0.25) is 9.59 Å². The van der Waals surface area contributed by atoms with E-state index >= 15 is 0 Å². The molecule has 0 aliphatic carbocycles. The van der Waals surface area contributed by atoms with Gasteiger partial charge < -0.3 is 4.90 Å². The number of benzene rings is 1. The van der Waals surface area contributed by atoms with Gasteiger partial charge in [0, 0.05) is 30.0 Å². The number of fused-ring (bicyclic) bond motifs is 1. The Kier molecular flexibility index (Phi) is 3.71. The average molecular weight is 266 g/mol. The zero-order valence-corrected chi connectivity index (χ0v) is 11.3. The predicted molar refractivity (Wildman–Crippen MR) is 72.2 cm³/mol. The highest BCUT2D eigenvalue weighted by Crippen LogP contribution is 2.30. The second kappa shape index (κ2) is 5.11. The SMILES string of the molecule is CC(C)CC(=O)N1CCC(=O)c2cc(Cl)ccc21. The Balaban J connectivity index is 2.34. The highest BCUT2D eigenvalue weighted by molar-refractivity contribution is 6.31. The van der Waals surface area contributed by atoms with Gasteiger partial charge in [0.1, 0.15) is 0 Å². The molecule has 0 saturated heterocycles. The van der Waals surface area contributed by atoms with Crippen LogP contribution in [0.15, 0.2) is 18.2 Å². The number of amides is 1. The summed E-state index contributed by atoms with van der Waals surface area (Å²) in [4.78, 5) is 25.7. The van der Waals surface area contributed by atoms with E-state index in [0.717, 1.165) is 0 Å². The minimum atomic E-state index is 0.0566. The first kappa shape index (κ1) is 13.1. The lowest BCUT2D eigenvalue weighted by Gasteiger charge is -2.29. The first-order chi connectivity index (χ1) is 8.49. The summed E-state index contributed by atoms with van der Waals surface area (Å²) in [6.45, 7) is 4.49. The number of halogens is 1. The van der Waals surface area contributed by atoms with Gasteiger partial charge in [0.05, 0.1) is 5.69 Å². The van der Waals surface area contributed by atoms with Crippen LogP contribution >= 0.6 is 11.6 Å². The lowest BCUT2D eigenvalue weighted by atomic mass is 9.99.